The summed E-state index contributed by atoms with van der Waals surface area (Å²) in [5.41, 5.74) is 0.796. The first-order chi connectivity index (χ1) is 10.4. The molecule has 1 aromatic rings. The highest BCUT2D eigenvalue weighted by molar-refractivity contribution is 7.80. The average Bonchev–Trinajstić information content (AvgIpc) is 2.45. The number of nitrogens with zero attached hydrogens (tertiary/aromatic N) is 2. The maximum absolute atomic E-state index is 11.6. The molecule has 0 radical (unpaired) electrons. The molecule has 1 atom stereocenters. The van der Waals surface area contributed by atoms with E-state index in [2.05, 4.69) is 5.32 Å². The van der Waals surface area contributed by atoms with Gasteiger partial charge in [-0.1, -0.05) is 12.1 Å². The number of thiocarbonyl (C=S) groups is 1. The number of carbonyl (C=O) groups is 2. The molecule has 0 fully saturated rings. The molecule has 1 amide bonds. The monoisotopic (exact) mass is 317 g/mol. The van der Waals surface area contributed by atoms with Crippen molar-refractivity contribution in [2.45, 2.75) is 13.0 Å². The van der Waals surface area contributed by atoms with E-state index in [1.807, 2.05) is 6.07 Å². The molecule has 22 heavy (non-hydrogen) atoms. The van der Waals surface area contributed by atoms with E-state index in [9.17, 15) is 19.8 Å². The zero-order valence-electron chi connectivity index (χ0n) is 11.4. The number of aliphatic carboxylic acids is 1. The molecule has 3 N–H and O–H groups in total. The van der Waals surface area contributed by atoms with Crippen LogP contribution < -0.4 is 5.32 Å². The standard InChI is InChI=1S/C14H11N3O4S/c1-7-10(12(18)19)11(17(14(20)21)13(22)16-7)9-4-2-3-8(5-9)6-15/h2-5,11H,1H3,(H,16,22)(H,18,19)(H,20,21). The van der Waals surface area contributed by atoms with E-state index in [0.717, 1.165) is 4.90 Å². The van der Waals surface area contributed by atoms with Gasteiger partial charge in [0.15, 0.2) is 5.11 Å². The van der Waals surface area contributed by atoms with Gasteiger partial charge in [-0.2, -0.15) is 5.26 Å². The Morgan fingerprint density at radius 3 is 2.64 bits per heavy atom. The fourth-order valence-corrected chi connectivity index (χ4v) is 2.64. The number of carboxylic acids is 1. The summed E-state index contributed by atoms with van der Waals surface area (Å²) in [4.78, 5) is 23.8. The van der Waals surface area contributed by atoms with Gasteiger partial charge in [0, 0.05) is 5.70 Å². The third-order valence-electron chi connectivity index (χ3n) is 3.22. The SMILES string of the molecule is CC1=C(C(=O)O)C(c2cccc(C#N)c2)N(C(=O)O)C(=S)N1. The molecular weight excluding hydrogens is 306 g/mol. The zero-order chi connectivity index (χ0) is 16.4. The molecule has 112 valence electrons. The van der Waals surface area contributed by atoms with Crippen molar-refractivity contribution < 1.29 is 19.8 Å². The largest absolute Gasteiger partial charge is 0.478 e. The molecule has 0 aliphatic carbocycles. The van der Waals surface area contributed by atoms with Crippen LogP contribution in [0.3, 0.4) is 0 Å². The van der Waals surface area contributed by atoms with E-state index in [-0.39, 0.29) is 16.4 Å². The first-order valence-corrected chi connectivity index (χ1v) is 6.55. The van der Waals surface area contributed by atoms with Crippen LogP contribution in [0.4, 0.5) is 4.79 Å². The van der Waals surface area contributed by atoms with Crippen molar-refractivity contribution >= 4 is 29.4 Å². The fraction of sp³-hybridized carbons (Fsp3) is 0.143. The minimum Gasteiger partial charge on any atom is -0.478 e. The molecule has 1 unspecified atom stereocenters. The van der Waals surface area contributed by atoms with Crippen LogP contribution in [0, 0.1) is 11.3 Å². The maximum Gasteiger partial charge on any atom is 0.414 e. The summed E-state index contributed by atoms with van der Waals surface area (Å²) in [6, 6.07) is 6.95. The van der Waals surface area contributed by atoms with Crippen molar-refractivity contribution in [1.29, 1.82) is 5.26 Å². The lowest BCUT2D eigenvalue weighted by Crippen LogP contribution is -2.50. The summed E-state index contributed by atoms with van der Waals surface area (Å²) < 4.78 is 0. The Labute approximate surface area is 131 Å². The van der Waals surface area contributed by atoms with E-state index < -0.39 is 18.1 Å². The number of nitrogens with one attached hydrogen (secondary N) is 1. The minimum atomic E-state index is -1.38. The summed E-state index contributed by atoms with van der Waals surface area (Å²) in [6.07, 6.45) is -1.38. The Morgan fingerprint density at radius 1 is 1.41 bits per heavy atom. The van der Waals surface area contributed by atoms with Gasteiger partial charge in [-0.15, -0.1) is 0 Å². The Morgan fingerprint density at radius 2 is 2.09 bits per heavy atom. The highest BCUT2D eigenvalue weighted by atomic mass is 32.1. The van der Waals surface area contributed by atoms with Crippen molar-refractivity contribution in [1.82, 2.24) is 10.2 Å². The van der Waals surface area contributed by atoms with Gasteiger partial charge in [0.1, 0.15) is 6.04 Å². The number of hydrogen-bond donors (Lipinski definition) is 3. The summed E-state index contributed by atoms with van der Waals surface area (Å²) in [6.45, 7) is 1.51. The molecule has 1 aliphatic heterocycles. The molecular formula is C14H11N3O4S. The molecule has 0 bridgehead atoms. The van der Waals surface area contributed by atoms with Gasteiger partial charge in [-0.3, -0.25) is 0 Å². The second-order valence-electron chi connectivity index (χ2n) is 4.57. The van der Waals surface area contributed by atoms with Gasteiger partial charge < -0.3 is 15.5 Å². The van der Waals surface area contributed by atoms with Crippen LogP contribution >= 0.6 is 12.2 Å². The lowest BCUT2D eigenvalue weighted by atomic mass is 9.93. The van der Waals surface area contributed by atoms with E-state index in [1.165, 1.54) is 13.0 Å². The Balaban J connectivity index is 2.69. The highest BCUT2D eigenvalue weighted by Gasteiger charge is 2.39. The molecule has 2 rings (SSSR count). The highest BCUT2D eigenvalue weighted by Crippen LogP contribution is 2.34. The average molecular weight is 317 g/mol. The maximum atomic E-state index is 11.6. The second kappa shape index (κ2) is 5.83. The molecule has 1 aromatic carbocycles. The number of rotatable bonds is 2. The quantitative estimate of drug-likeness (QED) is 0.713. The van der Waals surface area contributed by atoms with E-state index >= 15 is 0 Å². The predicted octanol–water partition coefficient (Wildman–Crippen LogP) is 1.83. The van der Waals surface area contributed by atoms with Gasteiger partial charge in [-0.05, 0) is 36.8 Å². The summed E-state index contributed by atoms with van der Waals surface area (Å²) in [7, 11) is 0. The van der Waals surface area contributed by atoms with Crippen LogP contribution in [0.15, 0.2) is 35.5 Å². The number of allylic oxidation sites excluding steroid dienone is 1. The van der Waals surface area contributed by atoms with Gasteiger partial charge in [0.05, 0.1) is 17.2 Å². The van der Waals surface area contributed by atoms with E-state index in [1.54, 1.807) is 18.2 Å². The third kappa shape index (κ3) is 2.62. The first-order valence-electron chi connectivity index (χ1n) is 6.14. The molecule has 1 aliphatic rings. The molecule has 7 nitrogen and oxygen atoms in total. The first kappa shape index (κ1) is 15.5. The van der Waals surface area contributed by atoms with Crippen molar-refractivity contribution in [3.63, 3.8) is 0 Å². The lowest BCUT2D eigenvalue weighted by molar-refractivity contribution is -0.133. The smallest absolute Gasteiger partial charge is 0.414 e. The third-order valence-corrected chi connectivity index (χ3v) is 3.52. The fourth-order valence-electron chi connectivity index (χ4n) is 2.31. The van der Waals surface area contributed by atoms with Crippen molar-refractivity contribution in [3.8, 4) is 6.07 Å². The molecule has 0 spiro atoms. The molecule has 0 aromatic heterocycles. The van der Waals surface area contributed by atoms with Crippen LogP contribution in [-0.2, 0) is 4.79 Å². The zero-order valence-corrected chi connectivity index (χ0v) is 12.2. The number of benzene rings is 1. The van der Waals surface area contributed by atoms with Crippen molar-refractivity contribution in [3.05, 3.63) is 46.7 Å². The summed E-state index contributed by atoms with van der Waals surface area (Å²) >= 11 is 5.00. The number of carboxylic acid groups (broad SMARTS) is 2. The predicted molar refractivity (Wildman–Crippen MR) is 79.8 cm³/mol. The van der Waals surface area contributed by atoms with Gasteiger partial charge >= 0.3 is 12.1 Å². The Hall–Kier alpha value is -2.92. The number of amides is 1. The van der Waals surface area contributed by atoms with Crippen LogP contribution in [0.5, 0.6) is 0 Å². The second-order valence-corrected chi connectivity index (χ2v) is 4.95. The summed E-state index contributed by atoms with van der Waals surface area (Å²) in [5.74, 6) is -1.26. The topological polar surface area (TPSA) is 114 Å². The van der Waals surface area contributed by atoms with Crippen molar-refractivity contribution in [2.24, 2.45) is 0 Å². The van der Waals surface area contributed by atoms with Crippen LogP contribution in [-0.4, -0.2) is 32.3 Å². The Bertz CT molecular complexity index is 751. The number of hydrogen-bond acceptors (Lipinski definition) is 4. The van der Waals surface area contributed by atoms with Gasteiger partial charge in [0.25, 0.3) is 0 Å². The lowest BCUT2D eigenvalue weighted by Gasteiger charge is -2.35. The van der Waals surface area contributed by atoms with Crippen LogP contribution in [0.2, 0.25) is 0 Å². The van der Waals surface area contributed by atoms with Crippen LogP contribution in [0.25, 0.3) is 0 Å². The van der Waals surface area contributed by atoms with Gasteiger partial charge in [0.2, 0.25) is 0 Å². The van der Waals surface area contributed by atoms with E-state index in [0.29, 0.717) is 11.1 Å². The Kier molecular flexibility index (Phi) is 4.10. The summed E-state index contributed by atoms with van der Waals surface area (Å²) in [5, 5.41) is 30.2. The van der Waals surface area contributed by atoms with Gasteiger partial charge in [-0.25, -0.2) is 14.5 Å². The minimum absolute atomic E-state index is 0.109. The van der Waals surface area contributed by atoms with Crippen LogP contribution in [0.1, 0.15) is 24.1 Å². The molecule has 0 saturated carbocycles. The number of nitriles is 1. The van der Waals surface area contributed by atoms with Crippen molar-refractivity contribution in [2.75, 3.05) is 0 Å². The van der Waals surface area contributed by atoms with E-state index in [4.69, 9.17) is 17.5 Å². The normalized spacial score (nSPS) is 17.7. The molecule has 0 saturated heterocycles. The molecule has 1 heterocycles. The molecule has 8 heteroatoms.